The molecule has 0 aliphatic carbocycles. The predicted molar refractivity (Wildman–Crippen MR) is 114 cm³/mol. The first kappa shape index (κ1) is 21.5. The molecule has 1 unspecified atom stereocenters. The van der Waals surface area contributed by atoms with Crippen LogP contribution in [-0.4, -0.2) is 48.9 Å². The lowest BCUT2D eigenvalue weighted by atomic mass is 10.0. The molecule has 1 fully saturated rings. The van der Waals surface area contributed by atoms with Crippen LogP contribution in [0.25, 0.3) is 0 Å². The molecule has 0 radical (unpaired) electrons. The van der Waals surface area contributed by atoms with Gasteiger partial charge in [-0.1, -0.05) is 56.3 Å². The molecular formula is C23H27N3O4. The van der Waals surface area contributed by atoms with Crippen LogP contribution in [0.2, 0.25) is 0 Å². The highest BCUT2D eigenvalue weighted by Gasteiger charge is 2.26. The Kier molecular flexibility index (Phi) is 7.19. The number of rotatable bonds is 5. The van der Waals surface area contributed by atoms with E-state index >= 15 is 0 Å². The van der Waals surface area contributed by atoms with Crippen molar-refractivity contribution in [1.82, 2.24) is 10.2 Å². The minimum absolute atomic E-state index is 0.197. The van der Waals surface area contributed by atoms with Gasteiger partial charge in [0.15, 0.2) is 0 Å². The van der Waals surface area contributed by atoms with Gasteiger partial charge >= 0.3 is 11.8 Å². The molecule has 7 nitrogen and oxygen atoms in total. The number of carbonyl (C=O) groups excluding carboxylic acids is 3. The van der Waals surface area contributed by atoms with Crippen molar-refractivity contribution in [3.63, 3.8) is 0 Å². The number of morpholine rings is 1. The summed E-state index contributed by atoms with van der Waals surface area (Å²) in [6.07, 6.45) is -0.197. The molecule has 30 heavy (non-hydrogen) atoms. The Bertz CT molecular complexity index is 881. The van der Waals surface area contributed by atoms with Crippen LogP contribution in [-0.2, 0) is 19.1 Å². The smallest absolute Gasteiger partial charge is 0.313 e. The van der Waals surface area contributed by atoms with Crippen LogP contribution >= 0.6 is 0 Å². The Morgan fingerprint density at radius 3 is 2.40 bits per heavy atom. The summed E-state index contributed by atoms with van der Waals surface area (Å²) in [5.74, 6) is -1.51. The molecule has 1 heterocycles. The van der Waals surface area contributed by atoms with Crippen LogP contribution < -0.4 is 10.6 Å². The van der Waals surface area contributed by atoms with E-state index in [0.717, 1.165) is 11.1 Å². The van der Waals surface area contributed by atoms with Crippen molar-refractivity contribution in [3.05, 3.63) is 65.7 Å². The lowest BCUT2D eigenvalue weighted by Gasteiger charge is -2.33. The van der Waals surface area contributed by atoms with Crippen molar-refractivity contribution in [1.29, 1.82) is 0 Å². The van der Waals surface area contributed by atoms with Gasteiger partial charge in [0.2, 0.25) is 5.91 Å². The second-order valence-electron chi connectivity index (χ2n) is 7.52. The first-order valence-electron chi connectivity index (χ1n) is 10.1. The summed E-state index contributed by atoms with van der Waals surface area (Å²) in [6, 6.07) is 17.0. The summed E-state index contributed by atoms with van der Waals surface area (Å²) in [5, 5.41) is 4.94. The molecule has 2 aromatic carbocycles. The van der Waals surface area contributed by atoms with E-state index in [1.54, 1.807) is 17.0 Å². The van der Waals surface area contributed by atoms with Gasteiger partial charge in [-0.2, -0.15) is 0 Å². The van der Waals surface area contributed by atoms with E-state index in [-0.39, 0.29) is 18.6 Å². The van der Waals surface area contributed by atoms with Crippen LogP contribution in [0.4, 0.5) is 5.69 Å². The molecule has 7 heteroatoms. The normalized spacial score (nSPS) is 16.2. The van der Waals surface area contributed by atoms with E-state index in [9.17, 15) is 14.4 Å². The van der Waals surface area contributed by atoms with Crippen LogP contribution in [0.15, 0.2) is 54.6 Å². The van der Waals surface area contributed by atoms with Crippen molar-refractivity contribution in [3.8, 4) is 0 Å². The molecule has 0 bridgehead atoms. The molecule has 0 spiro atoms. The SMILES string of the molecule is CC(C)c1ccc(NC(=O)C(=O)NCC(=O)N2CCOC(c3ccccc3)C2)cc1. The largest absolute Gasteiger partial charge is 0.370 e. The number of benzene rings is 2. The average molecular weight is 409 g/mol. The van der Waals surface area contributed by atoms with Crippen LogP contribution in [0.3, 0.4) is 0 Å². The predicted octanol–water partition coefficient (Wildman–Crippen LogP) is 2.46. The zero-order chi connectivity index (χ0) is 21.5. The van der Waals surface area contributed by atoms with Crippen LogP contribution in [0.5, 0.6) is 0 Å². The summed E-state index contributed by atoms with van der Waals surface area (Å²) < 4.78 is 5.75. The summed E-state index contributed by atoms with van der Waals surface area (Å²) >= 11 is 0. The maximum atomic E-state index is 12.5. The fourth-order valence-electron chi connectivity index (χ4n) is 3.23. The third-order valence-corrected chi connectivity index (χ3v) is 5.03. The highest BCUT2D eigenvalue weighted by molar-refractivity contribution is 6.39. The number of hydrogen-bond acceptors (Lipinski definition) is 4. The molecule has 2 N–H and O–H groups in total. The van der Waals surface area contributed by atoms with Gasteiger partial charge in [-0.3, -0.25) is 14.4 Å². The van der Waals surface area contributed by atoms with E-state index in [2.05, 4.69) is 24.5 Å². The van der Waals surface area contributed by atoms with Gasteiger partial charge in [0.25, 0.3) is 0 Å². The Morgan fingerprint density at radius 1 is 1.03 bits per heavy atom. The van der Waals surface area contributed by atoms with Crippen molar-refractivity contribution < 1.29 is 19.1 Å². The second kappa shape index (κ2) is 10.0. The van der Waals surface area contributed by atoms with Gasteiger partial charge in [-0.05, 0) is 29.2 Å². The molecule has 0 aromatic heterocycles. The number of hydrogen-bond donors (Lipinski definition) is 2. The van der Waals surface area contributed by atoms with Gasteiger partial charge in [0.05, 0.1) is 19.7 Å². The van der Waals surface area contributed by atoms with Crippen LogP contribution in [0.1, 0.15) is 37.0 Å². The fourth-order valence-corrected chi connectivity index (χ4v) is 3.23. The van der Waals surface area contributed by atoms with E-state index in [1.807, 2.05) is 42.5 Å². The topological polar surface area (TPSA) is 87.7 Å². The van der Waals surface area contributed by atoms with Gasteiger partial charge in [-0.25, -0.2) is 0 Å². The Labute approximate surface area is 176 Å². The van der Waals surface area contributed by atoms with Gasteiger partial charge in [0, 0.05) is 12.2 Å². The minimum Gasteiger partial charge on any atom is -0.370 e. The maximum absolute atomic E-state index is 12.5. The van der Waals surface area contributed by atoms with E-state index in [1.165, 1.54) is 0 Å². The van der Waals surface area contributed by atoms with E-state index < -0.39 is 11.8 Å². The Morgan fingerprint density at radius 2 is 1.73 bits per heavy atom. The molecule has 0 saturated carbocycles. The molecule has 1 aliphatic rings. The number of amides is 3. The Hall–Kier alpha value is -3.19. The fraction of sp³-hybridized carbons (Fsp3) is 0.348. The third kappa shape index (κ3) is 5.67. The molecule has 1 atom stereocenters. The first-order chi connectivity index (χ1) is 14.4. The number of nitrogens with zero attached hydrogens (tertiary/aromatic N) is 1. The molecule has 3 amide bonds. The van der Waals surface area contributed by atoms with Crippen molar-refractivity contribution in [2.45, 2.75) is 25.9 Å². The van der Waals surface area contributed by atoms with E-state index in [4.69, 9.17) is 4.74 Å². The second-order valence-corrected chi connectivity index (χ2v) is 7.52. The van der Waals surface area contributed by atoms with Crippen LogP contribution in [0, 0.1) is 0 Å². The number of carbonyl (C=O) groups is 3. The number of anilines is 1. The molecule has 3 rings (SSSR count). The average Bonchev–Trinajstić information content (AvgIpc) is 2.78. The Balaban J connectivity index is 1.47. The zero-order valence-electron chi connectivity index (χ0n) is 17.3. The standard InChI is InChI=1S/C23H27N3O4/c1-16(2)17-8-10-19(11-9-17)25-23(29)22(28)24-14-21(27)26-12-13-30-20(15-26)18-6-4-3-5-7-18/h3-11,16,20H,12-15H2,1-2H3,(H,24,28)(H,25,29). The number of nitrogens with one attached hydrogen (secondary N) is 2. The summed E-state index contributed by atoms with van der Waals surface area (Å²) in [5.41, 5.74) is 2.68. The molecule has 158 valence electrons. The molecule has 1 saturated heterocycles. The lowest BCUT2D eigenvalue weighted by Crippen LogP contribution is -2.48. The van der Waals surface area contributed by atoms with Gasteiger partial charge in [-0.15, -0.1) is 0 Å². The molecule has 1 aliphatic heterocycles. The van der Waals surface area contributed by atoms with Crippen molar-refractivity contribution in [2.75, 3.05) is 31.6 Å². The quantitative estimate of drug-likeness (QED) is 0.743. The molecular weight excluding hydrogens is 382 g/mol. The highest BCUT2D eigenvalue weighted by Crippen LogP contribution is 2.22. The van der Waals surface area contributed by atoms with E-state index in [0.29, 0.717) is 31.3 Å². The lowest BCUT2D eigenvalue weighted by molar-refractivity contribution is -0.141. The summed E-state index contributed by atoms with van der Waals surface area (Å²) in [6.45, 7) is 5.20. The first-order valence-corrected chi connectivity index (χ1v) is 10.1. The molecule has 2 aromatic rings. The third-order valence-electron chi connectivity index (χ3n) is 5.03. The van der Waals surface area contributed by atoms with Crippen molar-refractivity contribution >= 4 is 23.4 Å². The minimum atomic E-state index is -0.843. The highest BCUT2D eigenvalue weighted by atomic mass is 16.5. The number of ether oxygens (including phenoxy) is 1. The van der Waals surface area contributed by atoms with Gasteiger partial charge in [0.1, 0.15) is 6.10 Å². The zero-order valence-corrected chi connectivity index (χ0v) is 17.3. The summed E-state index contributed by atoms with van der Waals surface area (Å²) in [4.78, 5) is 38.3. The maximum Gasteiger partial charge on any atom is 0.313 e. The van der Waals surface area contributed by atoms with Gasteiger partial charge < -0.3 is 20.3 Å². The monoisotopic (exact) mass is 409 g/mol. The summed E-state index contributed by atoms with van der Waals surface area (Å²) in [7, 11) is 0. The van der Waals surface area contributed by atoms with Crippen molar-refractivity contribution in [2.24, 2.45) is 0 Å².